The second-order valence-electron chi connectivity index (χ2n) is 11.4. The lowest BCUT2D eigenvalue weighted by Crippen LogP contribution is -2.52. The topological polar surface area (TPSA) is 118 Å². The molecule has 2 aliphatic heterocycles. The van der Waals surface area contributed by atoms with Crippen molar-refractivity contribution in [1.29, 1.82) is 0 Å². The first-order valence-corrected chi connectivity index (χ1v) is 13.9. The molecule has 0 bridgehead atoms. The highest BCUT2D eigenvalue weighted by atomic mass is 19.4. The highest BCUT2D eigenvalue weighted by Crippen LogP contribution is 2.45. The molecule has 3 atom stereocenters. The van der Waals surface area contributed by atoms with Gasteiger partial charge in [0.05, 0.1) is 17.4 Å². The molecule has 1 saturated heterocycles. The van der Waals surface area contributed by atoms with E-state index in [9.17, 15) is 32.7 Å². The molecule has 10 nitrogen and oxygen atoms in total. The van der Waals surface area contributed by atoms with Gasteiger partial charge in [-0.3, -0.25) is 14.4 Å². The Bertz CT molecular complexity index is 1340. The molecule has 41 heavy (non-hydrogen) atoms. The van der Waals surface area contributed by atoms with Crippen molar-refractivity contribution < 1.29 is 37.4 Å². The van der Waals surface area contributed by atoms with E-state index in [2.05, 4.69) is 10.3 Å². The predicted molar refractivity (Wildman–Crippen MR) is 138 cm³/mol. The molecule has 2 amide bonds. The zero-order chi connectivity index (χ0) is 29.5. The minimum absolute atomic E-state index is 0.0367. The van der Waals surface area contributed by atoms with E-state index in [4.69, 9.17) is 4.74 Å². The highest BCUT2D eigenvalue weighted by molar-refractivity contribution is 5.88. The fraction of sp³-hybridized carbons (Fsp3) is 0.607. The molecule has 222 valence electrons. The van der Waals surface area contributed by atoms with Crippen LogP contribution in [-0.2, 0) is 40.6 Å². The Kier molecular flexibility index (Phi) is 7.73. The average Bonchev–Trinajstić information content (AvgIpc) is 3.51. The number of aliphatic carboxylic acids is 1. The van der Waals surface area contributed by atoms with Crippen molar-refractivity contribution in [2.45, 2.75) is 70.7 Å². The van der Waals surface area contributed by atoms with Gasteiger partial charge in [0.25, 0.3) is 0 Å². The van der Waals surface area contributed by atoms with Crippen molar-refractivity contribution in [1.82, 2.24) is 24.8 Å². The lowest BCUT2D eigenvalue weighted by Gasteiger charge is -2.45. The van der Waals surface area contributed by atoms with E-state index in [-0.39, 0.29) is 24.1 Å². The van der Waals surface area contributed by atoms with E-state index >= 15 is 0 Å². The van der Waals surface area contributed by atoms with Crippen molar-refractivity contribution in [3.8, 4) is 5.75 Å². The second-order valence-corrected chi connectivity index (χ2v) is 11.4. The van der Waals surface area contributed by atoms with Gasteiger partial charge in [-0.1, -0.05) is 30.2 Å². The Morgan fingerprint density at radius 2 is 1.95 bits per heavy atom. The number of carboxylic acid groups (broad SMARTS) is 1. The van der Waals surface area contributed by atoms with E-state index in [0.29, 0.717) is 61.2 Å². The fourth-order valence-corrected chi connectivity index (χ4v) is 6.60. The summed E-state index contributed by atoms with van der Waals surface area (Å²) in [7, 11) is 1.16. The lowest BCUT2D eigenvalue weighted by molar-refractivity contribution is -0.162. The number of carbonyl (C=O) groups is 3. The molecule has 2 unspecified atom stereocenters. The Morgan fingerprint density at radius 1 is 1.17 bits per heavy atom. The van der Waals surface area contributed by atoms with Crippen LogP contribution in [0.5, 0.6) is 5.75 Å². The number of ether oxygens (including phenoxy) is 1. The van der Waals surface area contributed by atoms with Crippen LogP contribution in [0.1, 0.15) is 74.0 Å². The van der Waals surface area contributed by atoms with Gasteiger partial charge in [0.1, 0.15) is 18.1 Å². The van der Waals surface area contributed by atoms with Crippen LogP contribution < -0.4 is 4.74 Å². The van der Waals surface area contributed by atoms with E-state index in [1.807, 2.05) is 6.07 Å². The zero-order valence-electron chi connectivity index (χ0n) is 23.1. The third-order valence-corrected chi connectivity index (χ3v) is 8.86. The van der Waals surface area contributed by atoms with Crippen LogP contribution in [0.4, 0.5) is 13.2 Å². The maximum absolute atomic E-state index is 14.2. The monoisotopic (exact) mass is 577 g/mol. The smallest absolute Gasteiger partial charge is 0.435 e. The summed E-state index contributed by atoms with van der Waals surface area (Å²) >= 11 is 0. The minimum atomic E-state index is -4.67. The maximum Gasteiger partial charge on any atom is 0.435 e. The van der Waals surface area contributed by atoms with E-state index in [1.54, 1.807) is 28.9 Å². The van der Waals surface area contributed by atoms with Crippen LogP contribution in [0.25, 0.3) is 0 Å². The molecular weight excluding hydrogens is 543 g/mol. The summed E-state index contributed by atoms with van der Waals surface area (Å²) in [6.45, 7) is 2.17. The van der Waals surface area contributed by atoms with Crippen LogP contribution >= 0.6 is 0 Å². The highest BCUT2D eigenvalue weighted by Gasteiger charge is 2.50. The number of hydrogen-bond donors (Lipinski definition) is 1. The molecule has 1 aliphatic carbocycles. The molecule has 3 heterocycles. The van der Waals surface area contributed by atoms with Crippen molar-refractivity contribution in [2.75, 3.05) is 19.6 Å². The summed E-state index contributed by atoms with van der Waals surface area (Å²) in [5, 5.41) is 17.2. The number of aromatic nitrogens is 3. The minimum Gasteiger partial charge on any atom is -0.487 e. The standard InChI is InChI=1S/C28H34F3N5O5/c1-27(26(39)40)12-4-3-8-18(27)25(38)36-14-11-17-7-5-9-21(23(17)20(36)15-35-13-6-10-22(35)37)41-16-19-24(28(29,30)31)34(2)33-32-19/h5,7,9,18,20H,3-4,6,8,10-16H2,1-2H3,(H,39,40)/t18?,20-,27?/m1/s1. The van der Waals surface area contributed by atoms with Gasteiger partial charge in [-0.2, -0.15) is 13.2 Å². The first kappa shape index (κ1) is 28.9. The molecule has 1 aromatic heterocycles. The zero-order valence-corrected chi connectivity index (χ0v) is 23.1. The summed E-state index contributed by atoms with van der Waals surface area (Å²) in [6, 6.07) is 4.62. The van der Waals surface area contributed by atoms with Gasteiger partial charge < -0.3 is 19.6 Å². The maximum atomic E-state index is 14.2. The first-order valence-electron chi connectivity index (χ1n) is 13.9. The Balaban J connectivity index is 1.51. The molecule has 13 heteroatoms. The number of hydrogen-bond acceptors (Lipinski definition) is 6. The summed E-state index contributed by atoms with van der Waals surface area (Å²) in [6.07, 6.45) is -0.814. The molecule has 1 saturated carbocycles. The molecule has 3 aliphatic rings. The number of carbonyl (C=O) groups excluding carboxylic acids is 2. The van der Waals surface area contributed by atoms with Gasteiger partial charge in [0.2, 0.25) is 11.8 Å². The fourth-order valence-electron chi connectivity index (χ4n) is 6.60. The Labute approximate surface area is 235 Å². The number of rotatable bonds is 7. The number of halogens is 3. The van der Waals surface area contributed by atoms with Crippen molar-refractivity contribution >= 4 is 17.8 Å². The summed E-state index contributed by atoms with van der Waals surface area (Å²) in [4.78, 5) is 42.5. The van der Waals surface area contributed by atoms with Crippen LogP contribution in [0.15, 0.2) is 18.2 Å². The molecule has 1 N–H and O–H groups in total. The normalized spacial score (nSPS) is 24.9. The largest absolute Gasteiger partial charge is 0.487 e. The summed E-state index contributed by atoms with van der Waals surface area (Å²) in [5.41, 5.74) is -1.10. The van der Waals surface area contributed by atoms with E-state index in [1.165, 1.54) is 0 Å². The van der Waals surface area contributed by atoms with Gasteiger partial charge in [0.15, 0.2) is 5.69 Å². The molecule has 2 aromatic rings. The third kappa shape index (κ3) is 5.38. The second kappa shape index (κ2) is 11.0. The predicted octanol–water partition coefficient (Wildman–Crippen LogP) is 3.74. The Hall–Kier alpha value is -3.64. The average molecular weight is 578 g/mol. The molecule has 1 aromatic carbocycles. The van der Waals surface area contributed by atoms with Crippen molar-refractivity contribution in [2.24, 2.45) is 18.4 Å². The molecule has 5 rings (SSSR count). The van der Waals surface area contributed by atoms with E-state index in [0.717, 1.165) is 25.5 Å². The SMILES string of the molecule is Cn1nnc(COc2cccc3c2[C@@H](CN2CCCC2=O)N(C(=O)C2CCCCC2(C)C(=O)O)CC3)c1C(F)(F)F. The first-order chi connectivity index (χ1) is 19.4. The van der Waals surface area contributed by atoms with Crippen molar-refractivity contribution in [3.63, 3.8) is 0 Å². The number of carboxylic acids is 1. The van der Waals surface area contributed by atoms with Crippen LogP contribution in [0.2, 0.25) is 0 Å². The van der Waals surface area contributed by atoms with Gasteiger partial charge in [0, 0.05) is 38.7 Å². The quantitative estimate of drug-likeness (QED) is 0.533. The number of likely N-dealkylation sites (tertiary alicyclic amines) is 1. The van der Waals surface area contributed by atoms with Crippen molar-refractivity contribution in [3.05, 3.63) is 40.7 Å². The molecule has 0 spiro atoms. The summed E-state index contributed by atoms with van der Waals surface area (Å²) in [5.74, 6) is -1.76. The molecular formula is C28H34F3N5O5. The number of amides is 2. The number of aryl methyl sites for hydroxylation is 1. The van der Waals surface area contributed by atoms with Crippen LogP contribution in [-0.4, -0.2) is 67.3 Å². The van der Waals surface area contributed by atoms with Gasteiger partial charge in [-0.15, -0.1) is 5.10 Å². The Morgan fingerprint density at radius 3 is 2.63 bits per heavy atom. The number of nitrogens with zero attached hydrogens (tertiary/aromatic N) is 5. The number of fused-ring (bicyclic) bond motifs is 1. The number of benzene rings is 1. The number of alkyl halides is 3. The molecule has 0 radical (unpaired) electrons. The van der Waals surface area contributed by atoms with Crippen LogP contribution in [0, 0.1) is 11.3 Å². The van der Waals surface area contributed by atoms with Gasteiger partial charge >= 0.3 is 12.1 Å². The van der Waals surface area contributed by atoms with Gasteiger partial charge in [-0.05, 0) is 44.2 Å². The van der Waals surface area contributed by atoms with Gasteiger partial charge in [-0.25, -0.2) is 4.68 Å². The lowest BCUT2D eigenvalue weighted by atomic mass is 9.66. The third-order valence-electron chi connectivity index (χ3n) is 8.86. The van der Waals surface area contributed by atoms with Crippen LogP contribution in [0.3, 0.4) is 0 Å². The summed E-state index contributed by atoms with van der Waals surface area (Å²) < 4.78 is 47.5. The van der Waals surface area contributed by atoms with E-state index < -0.39 is 41.8 Å². The molecule has 2 fully saturated rings.